The number of carboxylic acids is 1. The van der Waals surface area contributed by atoms with Crippen LogP contribution in [0, 0.1) is 0 Å². The number of anilines is 1. The van der Waals surface area contributed by atoms with Gasteiger partial charge >= 0.3 is 5.97 Å². The van der Waals surface area contributed by atoms with Crippen molar-refractivity contribution in [3.8, 4) is 0 Å². The fourth-order valence-corrected chi connectivity index (χ4v) is 2.77. The first-order chi connectivity index (χ1) is 6.94. The fourth-order valence-electron chi connectivity index (χ4n) is 0.858. The van der Waals surface area contributed by atoms with Gasteiger partial charge in [0, 0.05) is 0 Å². The van der Waals surface area contributed by atoms with Gasteiger partial charge in [0.15, 0.2) is 0 Å². The average molecular weight is 247 g/mol. The summed E-state index contributed by atoms with van der Waals surface area (Å²) >= 11 is 0.870. The second-order valence-corrected chi connectivity index (χ2v) is 5.49. The molecule has 0 amide bonds. The number of thiophene rings is 1. The van der Waals surface area contributed by atoms with Crippen LogP contribution < -0.4 is 4.72 Å². The van der Waals surface area contributed by atoms with Gasteiger partial charge in [-0.05, 0) is 12.1 Å². The summed E-state index contributed by atoms with van der Waals surface area (Å²) < 4.78 is 24.8. The van der Waals surface area contributed by atoms with Crippen LogP contribution in [0.1, 0.15) is 9.67 Å². The number of sulfonamides is 1. The van der Waals surface area contributed by atoms with Gasteiger partial charge in [0.1, 0.15) is 9.88 Å². The summed E-state index contributed by atoms with van der Waals surface area (Å²) in [6.45, 7) is 3.31. The van der Waals surface area contributed by atoms with Crippen molar-refractivity contribution in [1.29, 1.82) is 0 Å². The summed E-state index contributed by atoms with van der Waals surface area (Å²) in [6.07, 6.45) is 1.26. The SMILES string of the molecule is C=CCS(=O)(=O)Nc1ccc(C(=O)O)s1. The third kappa shape index (κ3) is 3.37. The summed E-state index contributed by atoms with van der Waals surface area (Å²) in [5.74, 6) is -1.28. The van der Waals surface area contributed by atoms with Gasteiger partial charge in [0.2, 0.25) is 10.0 Å². The predicted molar refractivity (Wildman–Crippen MR) is 58.9 cm³/mol. The number of rotatable bonds is 5. The van der Waals surface area contributed by atoms with Crippen molar-refractivity contribution in [1.82, 2.24) is 0 Å². The molecule has 0 aliphatic carbocycles. The van der Waals surface area contributed by atoms with Crippen LogP contribution in [-0.2, 0) is 10.0 Å². The maximum absolute atomic E-state index is 11.3. The molecule has 0 radical (unpaired) electrons. The minimum absolute atomic E-state index is 0.0892. The van der Waals surface area contributed by atoms with Crippen LogP contribution in [-0.4, -0.2) is 25.2 Å². The Kier molecular flexibility index (Phi) is 3.48. The first-order valence-corrected chi connectivity index (χ1v) is 6.36. The third-order valence-electron chi connectivity index (χ3n) is 1.41. The van der Waals surface area contributed by atoms with E-state index in [-0.39, 0.29) is 15.6 Å². The Hall–Kier alpha value is -1.34. The fraction of sp³-hybridized carbons (Fsp3) is 0.125. The molecule has 0 aliphatic rings. The standard InChI is InChI=1S/C8H9NO4S2/c1-2-5-15(12,13)9-7-4-3-6(14-7)8(10)11/h2-4,9H,1,5H2,(H,10,11). The summed E-state index contributed by atoms with van der Waals surface area (Å²) in [4.78, 5) is 10.6. The molecule has 0 fully saturated rings. The van der Waals surface area contributed by atoms with Crippen molar-refractivity contribution in [3.05, 3.63) is 29.7 Å². The van der Waals surface area contributed by atoms with Gasteiger partial charge in [-0.15, -0.1) is 17.9 Å². The molecule has 0 aromatic carbocycles. The van der Waals surface area contributed by atoms with Gasteiger partial charge in [-0.3, -0.25) is 4.72 Å². The molecule has 1 aromatic heterocycles. The quantitative estimate of drug-likeness (QED) is 0.770. The topological polar surface area (TPSA) is 83.5 Å². The second-order valence-electron chi connectivity index (χ2n) is 2.64. The van der Waals surface area contributed by atoms with Gasteiger partial charge in [-0.25, -0.2) is 13.2 Å². The molecule has 5 nitrogen and oxygen atoms in total. The molecule has 15 heavy (non-hydrogen) atoms. The van der Waals surface area contributed by atoms with E-state index in [9.17, 15) is 13.2 Å². The lowest BCUT2D eigenvalue weighted by Crippen LogP contribution is -2.14. The zero-order valence-electron chi connectivity index (χ0n) is 7.63. The molecule has 0 unspecified atom stereocenters. The number of nitrogens with one attached hydrogen (secondary N) is 1. The van der Waals surface area contributed by atoms with Crippen molar-refractivity contribution in [3.63, 3.8) is 0 Å². The Labute approximate surface area is 91.1 Å². The van der Waals surface area contributed by atoms with Crippen molar-refractivity contribution < 1.29 is 18.3 Å². The monoisotopic (exact) mass is 247 g/mol. The van der Waals surface area contributed by atoms with E-state index in [1.807, 2.05) is 0 Å². The van der Waals surface area contributed by atoms with Gasteiger partial charge in [-0.2, -0.15) is 0 Å². The van der Waals surface area contributed by atoms with E-state index in [0.717, 1.165) is 11.3 Å². The molecule has 1 aromatic rings. The van der Waals surface area contributed by atoms with E-state index in [0.29, 0.717) is 0 Å². The largest absolute Gasteiger partial charge is 0.477 e. The molecule has 0 bridgehead atoms. The minimum Gasteiger partial charge on any atom is -0.477 e. The van der Waals surface area contributed by atoms with E-state index in [1.54, 1.807) is 0 Å². The molecule has 82 valence electrons. The molecule has 0 aliphatic heterocycles. The summed E-state index contributed by atoms with van der Waals surface area (Å²) in [5, 5.41) is 8.90. The molecule has 7 heteroatoms. The normalized spacial score (nSPS) is 10.9. The van der Waals surface area contributed by atoms with Crippen molar-refractivity contribution in [2.75, 3.05) is 10.5 Å². The molecule has 2 N–H and O–H groups in total. The van der Waals surface area contributed by atoms with E-state index in [2.05, 4.69) is 11.3 Å². The number of carboxylic acid groups (broad SMARTS) is 1. The van der Waals surface area contributed by atoms with Crippen LogP contribution in [0.3, 0.4) is 0 Å². The summed E-state index contributed by atoms with van der Waals surface area (Å²) in [7, 11) is -3.45. The molecule has 1 rings (SSSR count). The predicted octanol–water partition coefficient (Wildman–Crippen LogP) is 1.37. The van der Waals surface area contributed by atoms with Crippen LogP contribution in [0.15, 0.2) is 24.8 Å². The highest BCUT2D eigenvalue weighted by molar-refractivity contribution is 7.93. The lowest BCUT2D eigenvalue weighted by molar-refractivity contribution is 0.0702. The highest BCUT2D eigenvalue weighted by atomic mass is 32.2. The maximum Gasteiger partial charge on any atom is 0.345 e. The summed E-state index contributed by atoms with van der Waals surface area (Å²) in [6, 6.07) is 2.76. The van der Waals surface area contributed by atoms with Gasteiger partial charge < -0.3 is 5.11 Å². The highest BCUT2D eigenvalue weighted by Gasteiger charge is 2.11. The maximum atomic E-state index is 11.3. The zero-order chi connectivity index (χ0) is 11.5. The molecular weight excluding hydrogens is 238 g/mol. The van der Waals surface area contributed by atoms with Gasteiger partial charge in [-0.1, -0.05) is 6.08 Å². The van der Waals surface area contributed by atoms with Gasteiger partial charge in [0.25, 0.3) is 0 Å². The van der Waals surface area contributed by atoms with E-state index in [4.69, 9.17) is 5.11 Å². The first-order valence-electron chi connectivity index (χ1n) is 3.89. The van der Waals surface area contributed by atoms with E-state index in [1.165, 1.54) is 18.2 Å². The Morgan fingerprint density at radius 2 is 2.27 bits per heavy atom. The number of aromatic carboxylic acids is 1. The highest BCUT2D eigenvalue weighted by Crippen LogP contribution is 2.22. The first kappa shape index (κ1) is 11.7. The van der Waals surface area contributed by atoms with Crippen LogP contribution in [0.2, 0.25) is 0 Å². The average Bonchev–Trinajstić information content (AvgIpc) is 2.51. The lowest BCUT2D eigenvalue weighted by Gasteiger charge is -2.01. The zero-order valence-corrected chi connectivity index (χ0v) is 9.27. The molecule has 0 saturated heterocycles. The van der Waals surface area contributed by atoms with Crippen LogP contribution in [0.4, 0.5) is 5.00 Å². The van der Waals surface area contributed by atoms with Crippen molar-refractivity contribution in [2.45, 2.75) is 0 Å². The van der Waals surface area contributed by atoms with Crippen molar-refractivity contribution >= 4 is 32.3 Å². The van der Waals surface area contributed by atoms with Crippen LogP contribution in [0.5, 0.6) is 0 Å². The smallest absolute Gasteiger partial charge is 0.345 e. The number of carbonyl (C=O) groups is 1. The molecule has 0 spiro atoms. The van der Waals surface area contributed by atoms with Crippen molar-refractivity contribution in [2.24, 2.45) is 0 Å². The number of hydrogen-bond donors (Lipinski definition) is 2. The lowest BCUT2D eigenvalue weighted by atomic mass is 10.5. The third-order valence-corrected chi connectivity index (χ3v) is 3.73. The van der Waals surface area contributed by atoms with Gasteiger partial charge in [0.05, 0.1) is 5.75 Å². The van der Waals surface area contributed by atoms with Crippen LogP contribution >= 0.6 is 11.3 Å². The Morgan fingerprint density at radius 3 is 2.73 bits per heavy atom. The molecular formula is C8H9NO4S2. The minimum atomic E-state index is -3.45. The Morgan fingerprint density at radius 1 is 1.60 bits per heavy atom. The molecule has 0 atom stereocenters. The second kappa shape index (κ2) is 4.45. The molecule has 1 heterocycles. The van der Waals surface area contributed by atoms with E-state index >= 15 is 0 Å². The van der Waals surface area contributed by atoms with E-state index < -0.39 is 16.0 Å². The summed E-state index contributed by atoms with van der Waals surface area (Å²) in [5.41, 5.74) is 0. The van der Waals surface area contributed by atoms with Crippen LogP contribution in [0.25, 0.3) is 0 Å². The number of hydrogen-bond acceptors (Lipinski definition) is 4. The Bertz CT molecular complexity index is 475. The Balaban J connectivity index is 2.82. The molecule has 0 saturated carbocycles.